The molecule has 0 saturated carbocycles. The van der Waals surface area contributed by atoms with E-state index in [2.05, 4.69) is 41.4 Å². The third-order valence-electron chi connectivity index (χ3n) is 4.53. The molecular formula is C24H22N2O2. The lowest BCUT2D eigenvalue weighted by Crippen LogP contribution is -1.95. The maximum atomic E-state index is 5.88. The zero-order valence-electron chi connectivity index (χ0n) is 15.8. The van der Waals surface area contributed by atoms with Crippen molar-refractivity contribution in [3.63, 3.8) is 0 Å². The minimum absolute atomic E-state index is 0.502. The Morgan fingerprint density at radius 3 is 1.82 bits per heavy atom. The van der Waals surface area contributed by atoms with Gasteiger partial charge in [0.2, 0.25) is 11.8 Å². The van der Waals surface area contributed by atoms with Gasteiger partial charge < -0.3 is 9.15 Å². The highest BCUT2D eigenvalue weighted by Gasteiger charge is 2.11. The van der Waals surface area contributed by atoms with Crippen molar-refractivity contribution < 1.29 is 9.15 Å². The lowest BCUT2D eigenvalue weighted by Gasteiger charge is -2.05. The quantitative estimate of drug-likeness (QED) is 0.361. The summed E-state index contributed by atoms with van der Waals surface area (Å²) >= 11 is 0. The second kappa shape index (κ2) is 8.53. The topological polar surface area (TPSA) is 48.2 Å². The lowest BCUT2D eigenvalue weighted by molar-refractivity contribution is 0.309. The summed E-state index contributed by atoms with van der Waals surface area (Å²) < 4.78 is 11.6. The molecule has 0 N–H and O–H groups in total. The normalized spacial score (nSPS) is 10.8. The van der Waals surface area contributed by atoms with E-state index in [0.29, 0.717) is 11.8 Å². The molecule has 1 heterocycles. The van der Waals surface area contributed by atoms with Gasteiger partial charge in [-0.2, -0.15) is 0 Å². The molecule has 140 valence electrons. The van der Waals surface area contributed by atoms with Crippen LogP contribution < -0.4 is 4.74 Å². The van der Waals surface area contributed by atoms with Crippen LogP contribution in [0, 0.1) is 0 Å². The van der Waals surface area contributed by atoms with E-state index in [0.717, 1.165) is 41.9 Å². The van der Waals surface area contributed by atoms with Crippen molar-refractivity contribution in [1.29, 1.82) is 0 Å². The second-order valence-corrected chi connectivity index (χ2v) is 6.58. The standard InChI is InChI=1S/C24H22N2O2/c1-2-3-17-27-22-15-13-21(14-16-22)24-26-25-23(28-24)20-11-9-19(10-12-20)18-7-5-4-6-8-18/h4-16H,2-3,17H2,1H3. The summed E-state index contributed by atoms with van der Waals surface area (Å²) in [5, 5.41) is 8.39. The van der Waals surface area contributed by atoms with Crippen LogP contribution >= 0.6 is 0 Å². The van der Waals surface area contributed by atoms with Gasteiger partial charge in [0.25, 0.3) is 0 Å². The van der Waals surface area contributed by atoms with Gasteiger partial charge in [0.15, 0.2) is 0 Å². The van der Waals surface area contributed by atoms with Gasteiger partial charge in [0.1, 0.15) is 5.75 Å². The van der Waals surface area contributed by atoms with Crippen molar-refractivity contribution in [2.24, 2.45) is 0 Å². The Morgan fingerprint density at radius 1 is 0.679 bits per heavy atom. The molecule has 0 saturated heterocycles. The average molecular weight is 370 g/mol. The number of hydrogen-bond acceptors (Lipinski definition) is 4. The zero-order valence-corrected chi connectivity index (χ0v) is 15.8. The van der Waals surface area contributed by atoms with Gasteiger partial charge in [-0.3, -0.25) is 0 Å². The highest BCUT2D eigenvalue weighted by atomic mass is 16.5. The summed E-state index contributed by atoms with van der Waals surface area (Å²) in [7, 11) is 0. The molecule has 0 amide bonds. The summed E-state index contributed by atoms with van der Waals surface area (Å²) in [5.74, 6) is 1.87. The van der Waals surface area contributed by atoms with Gasteiger partial charge in [-0.1, -0.05) is 55.8 Å². The van der Waals surface area contributed by atoms with Gasteiger partial charge in [-0.15, -0.1) is 10.2 Å². The van der Waals surface area contributed by atoms with Gasteiger partial charge in [0.05, 0.1) is 6.61 Å². The maximum Gasteiger partial charge on any atom is 0.248 e. The van der Waals surface area contributed by atoms with E-state index < -0.39 is 0 Å². The first-order chi connectivity index (χ1) is 13.8. The number of nitrogens with zero attached hydrogens (tertiary/aromatic N) is 2. The molecule has 0 radical (unpaired) electrons. The van der Waals surface area contributed by atoms with E-state index >= 15 is 0 Å². The first kappa shape index (κ1) is 18.0. The number of rotatable bonds is 7. The molecule has 4 aromatic rings. The van der Waals surface area contributed by atoms with E-state index in [-0.39, 0.29) is 0 Å². The summed E-state index contributed by atoms with van der Waals surface area (Å²) in [5.41, 5.74) is 4.12. The van der Waals surface area contributed by atoms with Crippen molar-refractivity contribution >= 4 is 0 Å². The Morgan fingerprint density at radius 2 is 1.21 bits per heavy atom. The third kappa shape index (κ3) is 4.12. The molecule has 4 nitrogen and oxygen atoms in total. The molecule has 3 aromatic carbocycles. The Balaban J connectivity index is 1.48. The average Bonchev–Trinajstić information content (AvgIpc) is 3.25. The van der Waals surface area contributed by atoms with Gasteiger partial charge in [-0.25, -0.2) is 0 Å². The fourth-order valence-corrected chi connectivity index (χ4v) is 2.92. The molecule has 4 heteroatoms. The largest absolute Gasteiger partial charge is 0.494 e. The summed E-state index contributed by atoms with van der Waals surface area (Å²) in [4.78, 5) is 0. The SMILES string of the molecule is CCCCOc1ccc(-c2nnc(-c3ccc(-c4ccccc4)cc3)o2)cc1. The molecule has 0 spiro atoms. The van der Waals surface area contributed by atoms with Gasteiger partial charge >= 0.3 is 0 Å². The minimum Gasteiger partial charge on any atom is -0.494 e. The maximum absolute atomic E-state index is 5.88. The summed E-state index contributed by atoms with van der Waals surface area (Å²) in [6, 6.07) is 26.2. The highest BCUT2D eigenvalue weighted by Crippen LogP contribution is 2.27. The van der Waals surface area contributed by atoms with E-state index in [1.807, 2.05) is 54.6 Å². The van der Waals surface area contributed by atoms with Crippen LogP contribution in [0.3, 0.4) is 0 Å². The van der Waals surface area contributed by atoms with Crippen molar-refractivity contribution in [2.45, 2.75) is 19.8 Å². The van der Waals surface area contributed by atoms with Crippen LogP contribution in [0.4, 0.5) is 0 Å². The zero-order chi connectivity index (χ0) is 19.2. The van der Waals surface area contributed by atoms with Gasteiger partial charge in [0, 0.05) is 11.1 Å². The molecule has 0 unspecified atom stereocenters. The monoisotopic (exact) mass is 370 g/mol. The van der Waals surface area contributed by atoms with Crippen molar-refractivity contribution in [3.05, 3.63) is 78.9 Å². The Labute approximate surface area is 164 Å². The molecule has 0 aliphatic carbocycles. The second-order valence-electron chi connectivity index (χ2n) is 6.58. The Kier molecular flexibility index (Phi) is 5.48. The fraction of sp³-hybridized carbons (Fsp3) is 0.167. The molecular weight excluding hydrogens is 348 g/mol. The number of ether oxygens (including phenoxy) is 1. The molecule has 28 heavy (non-hydrogen) atoms. The Bertz CT molecular complexity index is 1010. The summed E-state index contributed by atoms with van der Waals surface area (Å²) in [6.07, 6.45) is 2.17. The van der Waals surface area contributed by atoms with Crippen LogP contribution in [0.5, 0.6) is 5.75 Å². The van der Waals surface area contributed by atoms with Gasteiger partial charge in [-0.05, 0) is 53.9 Å². The van der Waals surface area contributed by atoms with Crippen LogP contribution in [0.25, 0.3) is 34.0 Å². The first-order valence-corrected chi connectivity index (χ1v) is 9.56. The van der Waals surface area contributed by atoms with Crippen LogP contribution in [0.1, 0.15) is 19.8 Å². The molecule has 0 aliphatic rings. The number of hydrogen-bond donors (Lipinski definition) is 0. The third-order valence-corrected chi connectivity index (χ3v) is 4.53. The molecule has 0 atom stereocenters. The summed E-state index contributed by atoms with van der Waals surface area (Å²) in [6.45, 7) is 2.88. The fourth-order valence-electron chi connectivity index (χ4n) is 2.92. The van der Waals surface area contributed by atoms with Crippen LogP contribution in [-0.4, -0.2) is 16.8 Å². The predicted octanol–water partition coefficient (Wildman–Crippen LogP) is 6.25. The van der Waals surface area contributed by atoms with E-state index in [1.165, 1.54) is 5.56 Å². The molecule has 0 aliphatic heterocycles. The first-order valence-electron chi connectivity index (χ1n) is 9.56. The number of unbranched alkanes of at least 4 members (excludes halogenated alkanes) is 1. The number of aromatic nitrogens is 2. The molecule has 4 rings (SSSR count). The molecule has 1 aromatic heterocycles. The number of benzene rings is 3. The van der Waals surface area contributed by atoms with Crippen molar-refractivity contribution in [2.75, 3.05) is 6.61 Å². The van der Waals surface area contributed by atoms with Crippen LogP contribution in [-0.2, 0) is 0 Å². The van der Waals surface area contributed by atoms with Crippen molar-refractivity contribution in [1.82, 2.24) is 10.2 Å². The van der Waals surface area contributed by atoms with Crippen LogP contribution in [0.2, 0.25) is 0 Å². The smallest absolute Gasteiger partial charge is 0.248 e. The molecule has 0 bridgehead atoms. The van der Waals surface area contributed by atoms with E-state index in [4.69, 9.17) is 9.15 Å². The highest BCUT2D eigenvalue weighted by molar-refractivity contribution is 5.67. The van der Waals surface area contributed by atoms with Crippen LogP contribution in [0.15, 0.2) is 83.3 Å². The predicted molar refractivity (Wildman–Crippen MR) is 111 cm³/mol. The molecule has 0 fully saturated rings. The minimum atomic E-state index is 0.502. The Hall–Kier alpha value is -3.40. The van der Waals surface area contributed by atoms with E-state index in [9.17, 15) is 0 Å². The lowest BCUT2D eigenvalue weighted by atomic mass is 10.0. The van der Waals surface area contributed by atoms with Crippen molar-refractivity contribution in [3.8, 4) is 39.8 Å². The van der Waals surface area contributed by atoms with E-state index in [1.54, 1.807) is 0 Å².